The first-order valence-electron chi connectivity index (χ1n) is 6.69. The van der Waals surface area contributed by atoms with E-state index >= 15 is 0 Å². The van der Waals surface area contributed by atoms with Gasteiger partial charge in [0.05, 0.1) is 11.0 Å². The highest BCUT2D eigenvalue weighted by atomic mass is 15.1. The summed E-state index contributed by atoms with van der Waals surface area (Å²) in [5.74, 6) is 1.71. The second kappa shape index (κ2) is 5.35. The number of aromatic nitrogens is 2. The summed E-state index contributed by atoms with van der Waals surface area (Å²) >= 11 is 0. The molecule has 0 aliphatic carbocycles. The minimum atomic E-state index is 0.490. The lowest BCUT2D eigenvalue weighted by molar-refractivity contribution is 0.576. The van der Waals surface area contributed by atoms with E-state index in [1.807, 2.05) is 0 Å². The molecule has 0 atom stereocenters. The minimum absolute atomic E-state index is 0.490. The van der Waals surface area contributed by atoms with Gasteiger partial charge in [0.1, 0.15) is 5.82 Å². The number of unbranched alkanes of at least 4 members (excludes halogenated alkanes) is 2. The molecule has 0 unspecified atom stereocenters. The molecule has 0 radical (unpaired) electrons. The van der Waals surface area contributed by atoms with Gasteiger partial charge in [-0.25, -0.2) is 4.98 Å². The maximum atomic E-state index is 4.75. The number of rotatable bonds is 5. The molecule has 2 heteroatoms. The van der Waals surface area contributed by atoms with Crippen molar-refractivity contribution in [2.45, 2.75) is 52.5 Å². The Balaban J connectivity index is 2.37. The smallest absolute Gasteiger partial charge is 0.112 e. The van der Waals surface area contributed by atoms with Gasteiger partial charge in [-0.05, 0) is 18.6 Å². The minimum Gasteiger partial charge on any atom is -0.328 e. The van der Waals surface area contributed by atoms with E-state index in [2.05, 4.69) is 49.6 Å². The van der Waals surface area contributed by atoms with Crippen molar-refractivity contribution in [1.82, 2.24) is 9.55 Å². The van der Waals surface area contributed by atoms with Crippen LogP contribution >= 0.6 is 0 Å². The van der Waals surface area contributed by atoms with Crippen molar-refractivity contribution < 1.29 is 0 Å². The second-order valence-corrected chi connectivity index (χ2v) is 4.97. The van der Waals surface area contributed by atoms with Crippen LogP contribution in [0.15, 0.2) is 24.3 Å². The molecule has 2 aromatic rings. The number of para-hydroxylation sites is 2. The summed E-state index contributed by atoms with van der Waals surface area (Å²) in [4.78, 5) is 4.75. The van der Waals surface area contributed by atoms with Crippen molar-refractivity contribution in [3.63, 3.8) is 0 Å². The summed E-state index contributed by atoms with van der Waals surface area (Å²) in [6.07, 6.45) is 3.81. The molecule has 92 valence electrons. The summed E-state index contributed by atoms with van der Waals surface area (Å²) < 4.78 is 2.40. The molecule has 0 bridgehead atoms. The van der Waals surface area contributed by atoms with Crippen molar-refractivity contribution in [3.8, 4) is 0 Å². The van der Waals surface area contributed by atoms with Gasteiger partial charge in [-0.15, -0.1) is 0 Å². The number of aryl methyl sites for hydroxylation is 1. The second-order valence-electron chi connectivity index (χ2n) is 4.97. The molecule has 0 saturated carbocycles. The van der Waals surface area contributed by atoms with Crippen LogP contribution in [0.3, 0.4) is 0 Å². The number of benzene rings is 1. The zero-order valence-electron chi connectivity index (χ0n) is 11.1. The summed E-state index contributed by atoms with van der Waals surface area (Å²) in [7, 11) is 0. The lowest BCUT2D eigenvalue weighted by atomic mass is 10.2. The number of nitrogens with zero attached hydrogens (tertiary/aromatic N) is 2. The molecule has 0 aliphatic rings. The van der Waals surface area contributed by atoms with E-state index in [0.717, 1.165) is 12.1 Å². The van der Waals surface area contributed by atoms with Gasteiger partial charge in [-0.3, -0.25) is 0 Å². The van der Waals surface area contributed by atoms with Crippen LogP contribution in [-0.4, -0.2) is 9.55 Å². The Morgan fingerprint density at radius 1 is 1.18 bits per heavy atom. The predicted octanol–water partition coefficient (Wildman–Crippen LogP) is 4.35. The number of imidazole rings is 1. The molecule has 1 heterocycles. The van der Waals surface area contributed by atoms with Gasteiger partial charge in [-0.2, -0.15) is 0 Å². The van der Waals surface area contributed by atoms with Gasteiger partial charge >= 0.3 is 0 Å². The third kappa shape index (κ3) is 2.51. The quantitative estimate of drug-likeness (QED) is 0.698. The van der Waals surface area contributed by atoms with Gasteiger partial charge in [-0.1, -0.05) is 45.7 Å². The van der Waals surface area contributed by atoms with Gasteiger partial charge in [0.25, 0.3) is 0 Å². The number of hydrogen-bond donors (Lipinski definition) is 0. The van der Waals surface area contributed by atoms with E-state index in [0.29, 0.717) is 5.92 Å². The third-order valence-corrected chi connectivity index (χ3v) is 3.19. The average molecular weight is 230 g/mol. The predicted molar refractivity (Wildman–Crippen MR) is 73.3 cm³/mol. The standard InChI is InChI=1S/C15H22N2/c1-4-5-8-11-17-14-10-7-6-9-13(14)16-15(17)12(2)3/h6-7,9-10,12H,4-5,8,11H2,1-3H3. The van der Waals surface area contributed by atoms with Crippen LogP contribution in [0.1, 0.15) is 51.8 Å². The van der Waals surface area contributed by atoms with E-state index in [1.54, 1.807) is 0 Å². The van der Waals surface area contributed by atoms with Gasteiger partial charge < -0.3 is 4.57 Å². The lowest BCUT2D eigenvalue weighted by Crippen LogP contribution is -2.05. The highest BCUT2D eigenvalue weighted by molar-refractivity contribution is 5.76. The molecule has 0 amide bonds. The number of hydrogen-bond acceptors (Lipinski definition) is 1. The summed E-state index contributed by atoms with van der Waals surface area (Å²) in [5.41, 5.74) is 2.42. The van der Waals surface area contributed by atoms with Gasteiger partial charge in [0.15, 0.2) is 0 Å². The summed E-state index contributed by atoms with van der Waals surface area (Å²) in [5, 5.41) is 0. The molecular weight excluding hydrogens is 208 g/mol. The third-order valence-electron chi connectivity index (χ3n) is 3.19. The average Bonchev–Trinajstić information content (AvgIpc) is 2.69. The first-order chi connectivity index (χ1) is 8.24. The molecule has 2 nitrogen and oxygen atoms in total. The van der Waals surface area contributed by atoms with Crippen molar-refractivity contribution in [1.29, 1.82) is 0 Å². The van der Waals surface area contributed by atoms with E-state index in [-0.39, 0.29) is 0 Å². The molecule has 1 aromatic carbocycles. The fraction of sp³-hybridized carbons (Fsp3) is 0.533. The van der Waals surface area contributed by atoms with E-state index in [4.69, 9.17) is 4.98 Å². The lowest BCUT2D eigenvalue weighted by Gasteiger charge is -2.10. The molecule has 17 heavy (non-hydrogen) atoms. The van der Waals surface area contributed by atoms with Crippen LogP contribution < -0.4 is 0 Å². The molecule has 0 saturated heterocycles. The van der Waals surface area contributed by atoms with Crippen LogP contribution in [0, 0.1) is 0 Å². The van der Waals surface area contributed by atoms with Gasteiger partial charge in [0.2, 0.25) is 0 Å². The van der Waals surface area contributed by atoms with E-state index in [1.165, 1.54) is 30.6 Å². The van der Waals surface area contributed by atoms with Crippen LogP contribution in [0.25, 0.3) is 11.0 Å². The fourth-order valence-corrected chi connectivity index (χ4v) is 2.29. The Labute approximate surface area is 104 Å². The van der Waals surface area contributed by atoms with Crippen molar-refractivity contribution in [3.05, 3.63) is 30.1 Å². The Morgan fingerprint density at radius 2 is 1.94 bits per heavy atom. The highest BCUT2D eigenvalue weighted by Gasteiger charge is 2.12. The Kier molecular flexibility index (Phi) is 3.82. The Bertz CT molecular complexity index is 483. The molecule has 1 aromatic heterocycles. The molecule has 0 fully saturated rings. The largest absolute Gasteiger partial charge is 0.328 e. The Hall–Kier alpha value is -1.31. The van der Waals surface area contributed by atoms with Crippen LogP contribution in [-0.2, 0) is 6.54 Å². The van der Waals surface area contributed by atoms with Crippen LogP contribution in [0.5, 0.6) is 0 Å². The van der Waals surface area contributed by atoms with E-state index in [9.17, 15) is 0 Å². The zero-order valence-corrected chi connectivity index (χ0v) is 11.1. The van der Waals surface area contributed by atoms with Crippen LogP contribution in [0.2, 0.25) is 0 Å². The first-order valence-corrected chi connectivity index (χ1v) is 6.69. The van der Waals surface area contributed by atoms with E-state index < -0.39 is 0 Å². The Morgan fingerprint density at radius 3 is 2.65 bits per heavy atom. The van der Waals surface area contributed by atoms with Crippen molar-refractivity contribution >= 4 is 11.0 Å². The first kappa shape index (κ1) is 12.2. The SMILES string of the molecule is CCCCCn1c(C(C)C)nc2ccccc21. The molecular formula is C15H22N2. The van der Waals surface area contributed by atoms with Crippen molar-refractivity contribution in [2.24, 2.45) is 0 Å². The topological polar surface area (TPSA) is 17.8 Å². The normalized spacial score (nSPS) is 11.5. The molecule has 0 aliphatic heterocycles. The van der Waals surface area contributed by atoms with Crippen molar-refractivity contribution in [2.75, 3.05) is 0 Å². The molecule has 2 rings (SSSR count). The summed E-state index contributed by atoms with van der Waals surface area (Å²) in [6.45, 7) is 7.78. The maximum absolute atomic E-state index is 4.75. The monoisotopic (exact) mass is 230 g/mol. The molecule has 0 spiro atoms. The van der Waals surface area contributed by atoms with Gasteiger partial charge in [0, 0.05) is 12.5 Å². The zero-order chi connectivity index (χ0) is 12.3. The maximum Gasteiger partial charge on any atom is 0.112 e. The molecule has 0 N–H and O–H groups in total. The fourth-order valence-electron chi connectivity index (χ4n) is 2.29. The number of fused-ring (bicyclic) bond motifs is 1. The van der Waals surface area contributed by atoms with Crippen LogP contribution in [0.4, 0.5) is 0 Å². The highest BCUT2D eigenvalue weighted by Crippen LogP contribution is 2.22. The summed E-state index contributed by atoms with van der Waals surface area (Å²) in [6, 6.07) is 8.46.